The summed E-state index contributed by atoms with van der Waals surface area (Å²) in [5.74, 6) is -0.0506. The molecule has 0 spiro atoms. The van der Waals surface area contributed by atoms with Gasteiger partial charge in [0, 0.05) is 0 Å². The number of allylic oxidation sites excluding steroid dienone is 4. The number of carbonyl (C=O) groups is 1. The van der Waals surface area contributed by atoms with Crippen LogP contribution in [-0.4, -0.2) is 11.6 Å². The SMILES string of the molecule is CC(C)(C)OC(=O)[CH2][Ti][C]1=CC=CC1.Cl.Cl.Cl. The Hall–Kier alpha value is 0.534. The molecule has 1 rings (SSSR count). The zero-order valence-electron chi connectivity index (χ0n) is 10.2. The molecule has 0 saturated heterocycles. The number of ether oxygens (including phenoxy) is 1. The van der Waals surface area contributed by atoms with Crippen LogP contribution in [0, 0.1) is 0 Å². The summed E-state index contributed by atoms with van der Waals surface area (Å²) in [5.41, 5.74) is -0.342. The molecule has 0 aromatic carbocycles. The first-order valence-electron chi connectivity index (χ1n) is 4.79. The van der Waals surface area contributed by atoms with Crippen molar-refractivity contribution in [1.82, 2.24) is 0 Å². The van der Waals surface area contributed by atoms with Crippen LogP contribution in [0.1, 0.15) is 27.2 Å². The minimum Gasteiger partial charge on any atom is -0.147 e. The Morgan fingerprint density at radius 1 is 1.35 bits per heavy atom. The predicted molar refractivity (Wildman–Crippen MR) is 74.2 cm³/mol. The Balaban J connectivity index is -0.000000653. The van der Waals surface area contributed by atoms with Crippen molar-refractivity contribution >= 4 is 43.2 Å². The van der Waals surface area contributed by atoms with Gasteiger partial charge in [0.2, 0.25) is 0 Å². The normalized spacial score (nSPS) is 12.5. The first-order valence-corrected chi connectivity index (χ1v) is 6.67. The second kappa shape index (κ2) is 10.5. The quantitative estimate of drug-likeness (QED) is 0.576. The maximum absolute atomic E-state index is 11.4. The second-order valence-corrected chi connectivity index (χ2v) is 6.37. The van der Waals surface area contributed by atoms with Crippen LogP contribution < -0.4 is 0 Å². The third-order valence-corrected chi connectivity index (χ3v) is 3.67. The van der Waals surface area contributed by atoms with Gasteiger partial charge in [0.25, 0.3) is 0 Å². The van der Waals surface area contributed by atoms with Gasteiger partial charge in [-0.3, -0.25) is 0 Å². The monoisotopic (exact) mass is 336 g/mol. The molecule has 2 nitrogen and oxygen atoms in total. The predicted octanol–water partition coefficient (Wildman–Crippen LogP) is 3.94. The third-order valence-electron chi connectivity index (χ3n) is 1.65. The van der Waals surface area contributed by atoms with Crippen molar-refractivity contribution in [1.29, 1.82) is 0 Å². The van der Waals surface area contributed by atoms with Crippen LogP contribution >= 0.6 is 37.2 Å². The molecule has 0 N–H and O–H groups in total. The summed E-state index contributed by atoms with van der Waals surface area (Å²) < 4.78 is 7.30. The molecule has 0 aromatic rings. The Bertz CT molecular complexity index is 283. The van der Waals surface area contributed by atoms with E-state index in [1.54, 1.807) is 0 Å². The van der Waals surface area contributed by atoms with Crippen LogP contribution in [0.15, 0.2) is 22.1 Å². The van der Waals surface area contributed by atoms with E-state index >= 15 is 0 Å². The largest absolute Gasteiger partial charge is 0.147 e. The van der Waals surface area contributed by atoms with E-state index < -0.39 is 0 Å². The van der Waals surface area contributed by atoms with Gasteiger partial charge in [-0.15, -0.1) is 37.2 Å². The number of rotatable bonds is 3. The summed E-state index contributed by atoms with van der Waals surface area (Å²) in [6.45, 7) is 5.71. The van der Waals surface area contributed by atoms with Gasteiger partial charge in [0.1, 0.15) is 0 Å². The van der Waals surface area contributed by atoms with Crippen LogP contribution in [-0.2, 0) is 28.7 Å². The summed E-state index contributed by atoms with van der Waals surface area (Å²) in [6.07, 6.45) is 7.37. The van der Waals surface area contributed by atoms with Gasteiger partial charge in [-0.25, -0.2) is 0 Å². The fourth-order valence-electron chi connectivity index (χ4n) is 1.14. The molecule has 100 valence electrons. The van der Waals surface area contributed by atoms with Crippen LogP contribution in [0.5, 0.6) is 0 Å². The molecule has 0 heterocycles. The molecular weight excluding hydrogens is 318 g/mol. The standard InChI is InChI=1S/C6H11O2.C5H5.3ClH.Ti/c1-5(7)8-6(2,3)4;1-2-4-5-3-1;;;;/h1H2,2-4H3;1-3H,4H2;3*1H;. The molecule has 1 aliphatic rings. The van der Waals surface area contributed by atoms with Crippen LogP contribution in [0.25, 0.3) is 0 Å². The number of hydrogen-bond donors (Lipinski definition) is 0. The number of carbonyl (C=O) groups excluding carboxylic acids is 1. The van der Waals surface area contributed by atoms with Crippen molar-refractivity contribution in [2.24, 2.45) is 0 Å². The second-order valence-electron chi connectivity index (χ2n) is 4.26. The molecule has 0 atom stereocenters. The van der Waals surface area contributed by atoms with Gasteiger partial charge in [-0.2, -0.15) is 0 Å². The maximum Gasteiger partial charge on any atom is -0.147 e. The Kier molecular flexibility index (Phi) is 14.0. The molecule has 0 saturated carbocycles. The van der Waals surface area contributed by atoms with E-state index in [-0.39, 0.29) is 67.9 Å². The average molecular weight is 337 g/mol. The van der Waals surface area contributed by atoms with Gasteiger partial charge in [-0.1, -0.05) is 0 Å². The molecule has 6 heteroatoms. The Morgan fingerprint density at radius 2 is 1.94 bits per heavy atom. The maximum atomic E-state index is 11.4. The number of hydrogen-bond acceptors (Lipinski definition) is 2. The van der Waals surface area contributed by atoms with Crippen molar-refractivity contribution in [2.75, 3.05) is 0 Å². The van der Waals surface area contributed by atoms with Crippen molar-refractivity contribution in [3.8, 4) is 0 Å². The Labute approximate surface area is 131 Å². The molecule has 0 aromatic heterocycles. The number of halogens is 3. The van der Waals surface area contributed by atoms with Crippen LogP contribution in [0.2, 0.25) is 4.73 Å². The van der Waals surface area contributed by atoms with Gasteiger partial charge in [-0.05, 0) is 0 Å². The summed E-state index contributed by atoms with van der Waals surface area (Å²) in [5, 5.41) is 0. The minimum absolute atomic E-state index is 0. The van der Waals surface area contributed by atoms with Crippen LogP contribution in [0.4, 0.5) is 0 Å². The van der Waals surface area contributed by atoms with E-state index in [0.29, 0.717) is 4.73 Å². The Morgan fingerprint density at radius 3 is 2.35 bits per heavy atom. The molecule has 0 fully saturated rings. The summed E-state index contributed by atoms with van der Waals surface area (Å²) in [7, 11) is 0. The van der Waals surface area contributed by atoms with Crippen molar-refractivity contribution in [3.63, 3.8) is 0 Å². The molecule has 0 radical (unpaired) electrons. The topological polar surface area (TPSA) is 26.3 Å². The first kappa shape index (κ1) is 22.7. The van der Waals surface area contributed by atoms with E-state index in [1.165, 1.54) is 3.88 Å². The first-order chi connectivity index (χ1) is 6.47. The zero-order valence-corrected chi connectivity index (χ0v) is 14.2. The fraction of sp³-hybridized carbons (Fsp3) is 0.545. The molecule has 17 heavy (non-hydrogen) atoms. The van der Waals surface area contributed by atoms with Crippen molar-refractivity contribution in [2.45, 2.75) is 37.5 Å². The van der Waals surface area contributed by atoms with Gasteiger partial charge in [0.05, 0.1) is 0 Å². The average Bonchev–Trinajstić information content (AvgIpc) is 2.49. The smallest absolute Gasteiger partial charge is 0.147 e. The molecule has 1 aliphatic carbocycles. The molecule has 0 amide bonds. The van der Waals surface area contributed by atoms with Crippen LogP contribution in [0.3, 0.4) is 0 Å². The molecule has 0 bridgehead atoms. The van der Waals surface area contributed by atoms with Crippen molar-refractivity contribution in [3.05, 3.63) is 22.1 Å². The fourth-order valence-corrected chi connectivity index (χ4v) is 2.58. The zero-order chi connectivity index (χ0) is 10.6. The van der Waals surface area contributed by atoms with E-state index in [9.17, 15) is 4.79 Å². The summed E-state index contributed by atoms with van der Waals surface area (Å²) in [6, 6.07) is 0. The van der Waals surface area contributed by atoms with Gasteiger partial charge < -0.3 is 0 Å². The molecule has 0 aliphatic heterocycles. The molecular formula is C11H19Cl3O2Ti. The van der Waals surface area contributed by atoms with Crippen molar-refractivity contribution < 1.29 is 28.7 Å². The van der Waals surface area contributed by atoms with Gasteiger partial charge in [0.15, 0.2) is 0 Å². The summed E-state index contributed by atoms with van der Waals surface area (Å²) in [4.78, 5) is 11.4. The van der Waals surface area contributed by atoms with E-state index in [4.69, 9.17) is 4.74 Å². The van der Waals surface area contributed by atoms with E-state index in [1.807, 2.05) is 20.8 Å². The van der Waals surface area contributed by atoms with E-state index in [0.717, 1.165) is 6.42 Å². The minimum atomic E-state index is -0.342. The third kappa shape index (κ3) is 11.4. The van der Waals surface area contributed by atoms with E-state index in [2.05, 4.69) is 18.2 Å². The molecule has 0 unspecified atom stereocenters. The van der Waals surface area contributed by atoms with Gasteiger partial charge >= 0.3 is 94.3 Å². The summed E-state index contributed by atoms with van der Waals surface area (Å²) >= 11 is -0.282. The number of esters is 1.